The summed E-state index contributed by atoms with van der Waals surface area (Å²) >= 11 is 0. The van der Waals surface area contributed by atoms with Gasteiger partial charge >= 0.3 is 0 Å². The standard InChI is InChI=1S/C21H30N4/c1-7-8-12-19-13-15(2)22-20(23-19)25-24-16(3)17-10-9-11-18(14-17)21(4,5)6/h9-11,13-14H,7-8,12H2,1-6H3,(H,22,23,25). The Balaban J connectivity index is 2.17. The van der Waals surface area contributed by atoms with Crippen LogP contribution in [0.5, 0.6) is 0 Å². The number of hydrogen-bond donors (Lipinski definition) is 1. The van der Waals surface area contributed by atoms with Crippen LogP contribution in [0.25, 0.3) is 0 Å². The zero-order valence-electron chi connectivity index (χ0n) is 16.3. The van der Waals surface area contributed by atoms with Crippen molar-refractivity contribution in [1.82, 2.24) is 9.97 Å². The molecule has 25 heavy (non-hydrogen) atoms. The van der Waals surface area contributed by atoms with Crippen LogP contribution in [-0.4, -0.2) is 15.7 Å². The smallest absolute Gasteiger partial charge is 0.243 e. The van der Waals surface area contributed by atoms with E-state index in [0.29, 0.717) is 5.95 Å². The topological polar surface area (TPSA) is 50.2 Å². The van der Waals surface area contributed by atoms with Crippen molar-refractivity contribution in [3.8, 4) is 0 Å². The van der Waals surface area contributed by atoms with Crippen LogP contribution in [0.2, 0.25) is 0 Å². The van der Waals surface area contributed by atoms with E-state index in [9.17, 15) is 0 Å². The number of hydrazone groups is 1. The van der Waals surface area contributed by atoms with Crippen molar-refractivity contribution >= 4 is 11.7 Å². The third-order valence-electron chi connectivity index (χ3n) is 4.16. The Labute approximate surface area is 151 Å². The van der Waals surface area contributed by atoms with Gasteiger partial charge in [0.15, 0.2) is 0 Å². The number of aryl methyl sites for hydroxylation is 2. The van der Waals surface area contributed by atoms with Crippen LogP contribution in [-0.2, 0) is 11.8 Å². The minimum Gasteiger partial charge on any atom is -0.245 e. The number of anilines is 1. The summed E-state index contributed by atoms with van der Waals surface area (Å²) in [6.45, 7) is 12.8. The lowest BCUT2D eigenvalue weighted by molar-refractivity contribution is 0.590. The average molecular weight is 338 g/mol. The highest BCUT2D eigenvalue weighted by molar-refractivity contribution is 5.99. The quantitative estimate of drug-likeness (QED) is 0.577. The van der Waals surface area contributed by atoms with E-state index in [0.717, 1.165) is 41.9 Å². The molecular formula is C21H30N4. The summed E-state index contributed by atoms with van der Waals surface area (Å²) < 4.78 is 0. The molecule has 0 spiro atoms. The number of benzene rings is 1. The first kappa shape index (κ1) is 19.1. The summed E-state index contributed by atoms with van der Waals surface area (Å²) in [5, 5.41) is 4.49. The molecule has 0 aliphatic rings. The van der Waals surface area contributed by atoms with Crippen molar-refractivity contribution in [3.63, 3.8) is 0 Å². The van der Waals surface area contributed by atoms with Crippen molar-refractivity contribution < 1.29 is 0 Å². The number of nitrogens with zero attached hydrogens (tertiary/aromatic N) is 3. The molecule has 0 saturated heterocycles. The van der Waals surface area contributed by atoms with E-state index in [4.69, 9.17) is 0 Å². The lowest BCUT2D eigenvalue weighted by Gasteiger charge is -2.19. The predicted octanol–water partition coefficient (Wildman–Crippen LogP) is 5.26. The van der Waals surface area contributed by atoms with Gasteiger partial charge in [-0.15, -0.1) is 0 Å². The van der Waals surface area contributed by atoms with Crippen molar-refractivity contribution in [2.45, 2.75) is 66.2 Å². The number of hydrogen-bond acceptors (Lipinski definition) is 4. The van der Waals surface area contributed by atoms with E-state index in [2.05, 4.69) is 72.5 Å². The molecule has 0 unspecified atom stereocenters. The molecule has 1 aromatic carbocycles. The molecule has 2 aromatic rings. The first-order chi connectivity index (χ1) is 11.8. The van der Waals surface area contributed by atoms with Gasteiger partial charge in [0.1, 0.15) is 0 Å². The van der Waals surface area contributed by atoms with E-state index in [1.165, 1.54) is 5.56 Å². The molecule has 0 bridgehead atoms. The van der Waals surface area contributed by atoms with Gasteiger partial charge in [-0.3, -0.25) is 0 Å². The molecule has 0 saturated carbocycles. The molecular weight excluding hydrogens is 308 g/mol. The lowest BCUT2D eigenvalue weighted by Crippen LogP contribution is -2.12. The summed E-state index contributed by atoms with van der Waals surface area (Å²) in [6, 6.07) is 10.6. The van der Waals surface area contributed by atoms with Gasteiger partial charge in [-0.1, -0.05) is 52.3 Å². The Morgan fingerprint density at radius 1 is 1.16 bits per heavy atom. The maximum Gasteiger partial charge on any atom is 0.243 e. The molecule has 134 valence electrons. The van der Waals surface area contributed by atoms with Crippen LogP contribution >= 0.6 is 0 Å². The molecule has 1 N–H and O–H groups in total. The van der Waals surface area contributed by atoms with Crippen LogP contribution in [0, 0.1) is 6.92 Å². The first-order valence-electron chi connectivity index (χ1n) is 9.05. The fraction of sp³-hybridized carbons (Fsp3) is 0.476. The SMILES string of the molecule is CCCCc1cc(C)nc(NN=C(C)c2cccc(C(C)(C)C)c2)n1. The van der Waals surface area contributed by atoms with E-state index in [1.54, 1.807) is 0 Å². The molecule has 1 heterocycles. The maximum atomic E-state index is 4.56. The second kappa shape index (κ2) is 8.24. The van der Waals surface area contributed by atoms with Gasteiger partial charge in [-0.25, -0.2) is 15.4 Å². The summed E-state index contributed by atoms with van der Waals surface area (Å²) in [5.41, 5.74) is 8.51. The van der Waals surface area contributed by atoms with Gasteiger partial charge in [-0.2, -0.15) is 5.10 Å². The van der Waals surface area contributed by atoms with Gasteiger partial charge in [-0.05, 0) is 55.4 Å². The molecule has 2 rings (SSSR count). The summed E-state index contributed by atoms with van der Waals surface area (Å²) in [7, 11) is 0. The van der Waals surface area contributed by atoms with Crippen molar-refractivity contribution in [1.29, 1.82) is 0 Å². The van der Waals surface area contributed by atoms with E-state index < -0.39 is 0 Å². The van der Waals surface area contributed by atoms with E-state index in [-0.39, 0.29) is 5.41 Å². The molecule has 1 aromatic heterocycles. The number of rotatable bonds is 6. The van der Waals surface area contributed by atoms with Gasteiger partial charge in [0.2, 0.25) is 5.95 Å². The molecule has 0 aliphatic heterocycles. The maximum absolute atomic E-state index is 4.56. The highest BCUT2D eigenvalue weighted by Crippen LogP contribution is 2.23. The third-order valence-corrected chi connectivity index (χ3v) is 4.16. The average Bonchev–Trinajstić information content (AvgIpc) is 2.57. The molecule has 0 aliphatic carbocycles. The third kappa shape index (κ3) is 5.66. The summed E-state index contributed by atoms with van der Waals surface area (Å²) in [4.78, 5) is 9.00. The van der Waals surface area contributed by atoms with Crippen molar-refractivity contribution in [2.24, 2.45) is 5.10 Å². The van der Waals surface area contributed by atoms with Gasteiger partial charge < -0.3 is 0 Å². The predicted molar refractivity (Wildman–Crippen MR) is 106 cm³/mol. The number of unbranched alkanes of at least 4 members (excludes halogenated alkanes) is 1. The minimum atomic E-state index is 0.123. The fourth-order valence-electron chi connectivity index (χ4n) is 2.58. The zero-order valence-corrected chi connectivity index (χ0v) is 16.3. The van der Waals surface area contributed by atoms with Crippen LogP contribution in [0.3, 0.4) is 0 Å². The monoisotopic (exact) mass is 338 g/mol. The van der Waals surface area contributed by atoms with E-state index in [1.807, 2.05) is 19.9 Å². The van der Waals surface area contributed by atoms with Crippen molar-refractivity contribution in [3.05, 3.63) is 52.8 Å². The first-order valence-corrected chi connectivity index (χ1v) is 9.05. The molecule has 0 radical (unpaired) electrons. The zero-order chi connectivity index (χ0) is 18.4. The second-order valence-electron chi connectivity index (χ2n) is 7.57. The van der Waals surface area contributed by atoms with Crippen LogP contribution in [0.15, 0.2) is 35.4 Å². The Morgan fingerprint density at radius 3 is 2.60 bits per heavy atom. The van der Waals surface area contributed by atoms with Crippen LogP contribution in [0.4, 0.5) is 5.95 Å². The van der Waals surface area contributed by atoms with Crippen molar-refractivity contribution in [2.75, 3.05) is 5.43 Å². The Hall–Kier alpha value is -2.23. The Kier molecular flexibility index (Phi) is 6.29. The molecule has 0 fully saturated rings. The van der Waals surface area contributed by atoms with Gasteiger partial charge in [0.25, 0.3) is 0 Å². The highest BCUT2D eigenvalue weighted by Gasteiger charge is 2.14. The molecule has 0 atom stereocenters. The second-order valence-corrected chi connectivity index (χ2v) is 7.57. The van der Waals surface area contributed by atoms with Gasteiger partial charge in [0.05, 0.1) is 5.71 Å². The van der Waals surface area contributed by atoms with Crippen LogP contribution in [0.1, 0.15) is 70.0 Å². The van der Waals surface area contributed by atoms with Crippen LogP contribution < -0.4 is 5.43 Å². The Bertz CT molecular complexity index is 742. The number of nitrogens with one attached hydrogen (secondary N) is 1. The largest absolute Gasteiger partial charge is 0.245 e. The fourth-order valence-corrected chi connectivity index (χ4v) is 2.58. The normalized spacial score (nSPS) is 12.3. The number of aromatic nitrogens is 2. The summed E-state index contributed by atoms with van der Waals surface area (Å²) in [6.07, 6.45) is 3.27. The Morgan fingerprint density at radius 2 is 1.92 bits per heavy atom. The molecule has 0 amide bonds. The van der Waals surface area contributed by atoms with E-state index >= 15 is 0 Å². The summed E-state index contributed by atoms with van der Waals surface area (Å²) in [5.74, 6) is 0.567. The van der Waals surface area contributed by atoms with Gasteiger partial charge in [0, 0.05) is 11.4 Å². The highest BCUT2D eigenvalue weighted by atomic mass is 15.4. The molecule has 4 nitrogen and oxygen atoms in total. The minimum absolute atomic E-state index is 0.123. The lowest BCUT2D eigenvalue weighted by atomic mass is 9.86. The molecule has 4 heteroatoms.